The Hall–Kier alpha value is -2.43. The van der Waals surface area contributed by atoms with Gasteiger partial charge in [0.15, 0.2) is 0 Å². The van der Waals surface area contributed by atoms with Crippen LogP contribution in [0.15, 0.2) is 47.1 Å². The summed E-state index contributed by atoms with van der Waals surface area (Å²) in [7, 11) is 1.66. The zero-order valence-electron chi connectivity index (χ0n) is 12.6. The number of ether oxygens (including phenoxy) is 1. The Labute approximate surface area is 129 Å². The molecule has 1 aromatic carbocycles. The molecule has 116 valence electrons. The Kier molecular flexibility index (Phi) is 4.04. The summed E-state index contributed by atoms with van der Waals surface area (Å²) in [4.78, 5) is 11.9. The van der Waals surface area contributed by atoms with Gasteiger partial charge in [-0.05, 0) is 42.7 Å². The van der Waals surface area contributed by atoms with E-state index in [1.165, 1.54) is 5.56 Å². The Balaban J connectivity index is 1.50. The molecular weight excluding hydrogens is 280 g/mol. The normalized spacial score (nSPS) is 15.1. The molecule has 0 atom stereocenters. The summed E-state index contributed by atoms with van der Waals surface area (Å²) >= 11 is 0. The molecular formula is C17H20N2O3. The van der Waals surface area contributed by atoms with Gasteiger partial charge in [-0.25, -0.2) is 4.79 Å². The minimum Gasteiger partial charge on any atom is -0.497 e. The minimum absolute atomic E-state index is 0.0777. The molecule has 1 fully saturated rings. The van der Waals surface area contributed by atoms with Crippen molar-refractivity contribution in [1.82, 2.24) is 10.6 Å². The molecule has 0 radical (unpaired) electrons. The van der Waals surface area contributed by atoms with Crippen LogP contribution >= 0.6 is 0 Å². The topological polar surface area (TPSA) is 63.5 Å². The van der Waals surface area contributed by atoms with Crippen LogP contribution < -0.4 is 15.4 Å². The lowest BCUT2D eigenvalue weighted by Gasteiger charge is -2.17. The summed E-state index contributed by atoms with van der Waals surface area (Å²) in [5, 5.41) is 5.74. The van der Waals surface area contributed by atoms with Crippen molar-refractivity contribution in [1.29, 1.82) is 0 Å². The van der Waals surface area contributed by atoms with E-state index in [0.717, 1.165) is 24.4 Å². The highest BCUT2D eigenvalue weighted by Gasteiger charge is 2.44. The predicted molar refractivity (Wildman–Crippen MR) is 82.9 cm³/mol. The minimum atomic E-state index is -0.170. The molecule has 3 rings (SSSR count). The van der Waals surface area contributed by atoms with Crippen LogP contribution in [-0.2, 0) is 12.0 Å². The van der Waals surface area contributed by atoms with Gasteiger partial charge in [-0.15, -0.1) is 0 Å². The number of nitrogens with one attached hydrogen (secondary N) is 2. The van der Waals surface area contributed by atoms with E-state index in [1.807, 2.05) is 18.2 Å². The first kappa shape index (κ1) is 14.5. The lowest BCUT2D eigenvalue weighted by atomic mass is 9.96. The smallest absolute Gasteiger partial charge is 0.315 e. The highest BCUT2D eigenvalue weighted by atomic mass is 16.5. The molecule has 1 saturated carbocycles. The molecule has 1 aromatic heterocycles. The summed E-state index contributed by atoms with van der Waals surface area (Å²) in [6.07, 6.45) is 3.79. The van der Waals surface area contributed by atoms with Crippen molar-refractivity contribution in [2.24, 2.45) is 0 Å². The number of methoxy groups -OCH3 is 1. The molecule has 1 aliphatic rings. The molecule has 0 unspecified atom stereocenters. The van der Waals surface area contributed by atoms with E-state index in [0.29, 0.717) is 13.1 Å². The van der Waals surface area contributed by atoms with Crippen LogP contribution in [-0.4, -0.2) is 19.7 Å². The number of rotatable bonds is 6. The number of furan rings is 1. The maximum Gasteiger partial charge on any atom is 0.315 e. The van der Waals surface area contributed by atoms with Gasteiger partial charge in [0.2, 0.25) is 0 Å². The molecule has 2 N–H and O–H groups in total. The van der Waals surface area contributed by atoms with Crippen LogP contribution in [0.1, 0.15) is 24.2 Å². The van der Waals surface area contributed by atoms with Crippen molar-refractivity contribution in [3.05, 3.63) is 54.0 Å². The number of carbonyl (C=O) groups excluding carboxylic acids is 1. The highest BCUT2D eigenvalue weighted by Crippen LogP contribution is 2.47. The molecule has 22 heavy (non-hydrogen) atoms. The van der Waals surface area contributed by atoms with E-state index in [-0.39, 0.29) is 11.4 Å². The van der Waals surface area contributed by atoms with Gasteiger partial charge in [0.05, 0.1) is 19.9 Å². The predicted octanol–water partition coefficient (Wildman–Crippen LogP) is 2.82. The number of carbonyl (C=O) groups is 1. The van der Waals surface area contributed by atoms with Crippen molar-refractivity contribution in [3.8, 4) is 5.75 Å². The fraction of sp³-hybridized carbons (Fsp3) is 0.353. The average Bonchev–Trinajstić information content (AvgIpc) is 3.17. The second-order valence-electron chi connectivity index (χ2n) is 5.62. The van der Waals surface area contributed by atoms with Gasteiger partial charge in [0.25, 0.3) is 0 Å². The van der Waals surface area contributed by atoms with Gasteiger partial charge >= 0.3 is 6.03 Å². The van der Waals surface area contributed by atoms with Crippen molar-refractivity contribution >= 4 is 6.03 Å². The van der Waals surface area contributed by atoms with Gasteiger partial charge in [-0.2, -0.15) is 0 Å². The lowest BCUT2D eigenvalue weighted by Crippen LogP contribution is -2.39. The maximum absolute atomic E-state index is 11.9. The van der Waals surface area contributed by atoms with Gasteiger partial charge in [-0.1, -0.05) is 12.1 Å². The SMILES string of the molecule is COc1ccc(C2(CNC(=O)NCc3ccco3)CC2)cc1. The van der Waals surface area contributed by atoms with Crippen LogP contribution in [0.4, 0.5) is 4.79 Å². The standard InChI is InChI=1S/C17H20N2O3/c1-21-14-6-4-13(5-7-14)17(8-9-17)12-19-16(20)18-11-15-3-2-10-22-15/h2-7,10H,8-9,11-12H2,1H3,(H2,18,19,20). The van der Waals surface area contributed by atoms with Crippen LogP contribution in [0.5, 0.6) is 5.75 Å². The zero-order chi connectivity index (χ0) is 15.4. The Morgan fingerprint density at radius 1 is 1.23 bits per heavy atom. The Bertz CT molecular complexity index is 616. The molecule has 5 nitrogen and oxygen atoms in total. The molecule has 2 amide bonds. The molecule has 0 bridgehead atoms. The number of amides is 2. The van der Waals surface area contributed by atoms with Crippen LogP contribution in [0.2, 0.25) is 0 Å². The van der Waals surface area contributed by atoms with Crippen molar-refractivity contribution < 1.29 is 13.9 Å². The molecule has 2 aromatic rings. The Morgan fingerprint density at radius 2 is 2.00 bits per heavy atom. The number of urea groups is 1. The van der Waals surface area contributed by atoms with E-state index in [9.17, 15) is 4.79 Å². The van der Waals surface area contributed by atoms with Gasteiger partial charge in [-0.3, -0.25) is 0 Å². The summed E-state index contributed by atoms with van der Waals surface area (Å²) in [5.74, 6) is 1.59. The van der Waals surface area contributed by atoms with E-state index < -0.39 is 0 Å². The molecule has 0 spiro atoms. The van der Waals surface area contributed by atoms with Gasteiger partial charge in [0.1, 0.15) is 11.5 Å². The number of hydrogen-bond donors (Lipinski definition) is 2. The zero-order valence-corrected chi connectivity index (χ0v) is 12.6. The van der Waals surface area contributed by atoms with E-state index in [4.69, 9.17) is 9.15 Å². The fourth-order valence-corrected chi connectivity index (χ4v) is 2.56. The third kappa shape index (κ3) is 3.24. The first-order chi connectivity index (χ1) is 10.7. The van der Waals surface area contributed by atoms with Crippen LogP contribution in [0.25, 0.3) is 0 Å². The molecule has 1 aliphatic carbocycles. The summed E-state index contributed by atoms with van der Waals surface area (Å²) in [6, 6.07) is 11.6. The summed E-state index contributed by atoms with van der Waals surface area (Å²) < 4.78 is 10.4. The summed E-state index contributed by atoms with van der Waals surface area (Å²) in [5.41, 5.74) is 1.33. The average molecular weight is 300 g/mol. The maximum atomic E-state index is 11.9. The third-order valence-electron chi connectivity index (χ3n) is 4.15. The molecule has 5 heteroatoms. The highest BCUT2D eigenvalue weighted by molar-refractivity contribution is 5.74. The quantitative estimate of drug-likeness (QED) is 0.862. The van der Waals surface area contributed by atoms with E-state index >= 15 is 0 Å². The second kappa shape index (κ2) is 6.13. The van der Waals surface area contributed by atoms with Crippen LogP contribution in [0, 0.1) is 0 Å². The first-order valence-electron chi connectivity index (χ1n) is 7.40. The van der Waals surface area contributed by atoms with Crippen molar-refractivity contribution in [2.75, 3.05) is 13.7 Å². The number of benzene rings is 1. The first-order valence-corrected chi connectivity index (χ1v) is 7.40. The molecule has 0 aliphatic heterocycles. The van der Waals surface area contributed by atoms with Crippen molar-refractivity contribution in [2.45, 2.75) is 24.8 Å². The number of hydrogen-bond acceptors (Lipinski definition) is 3. The monoisotopic (exact) mass is 300 g/mol. The largest absolute Gasteiger partial charge is 0.497 e. The van der Waals surface area contributed by atoms with Crippen LogP contribution in [0.3, 0.4) is 0 Å². The molecule has 1 heterocycles. The van der Waals surface area contributed by atoms with Gasteiger partial charge < -0.3 is 19.8 Å². The Morgan fingerprint density at radius 3 is 2.59 bits per heavy atom. The summed E-state index contributed by atoms with van der Waals surface area (Å²) in [6.45, 7) is 1.04. The lowest BCUT2D eigenvalue weighted by molar-refractivity contribution is 0.238. The fourth-order valence-electron chi connectivity index (χ4n) is 2.56. The van der Waals surface area contributed by atoms with E-state index in [2.05, 4.69) is 22.8 Å². The van der Waals surface area contributed by atoms with E-state index in [1.54, 1.807) is 19.4 Å². The second-order valence-corrected chi connectivity index (χ2v) is 5.62. The van der Waals surface area contributed by atoms with Gasteiger partial charge in [0, 0.05) is 12.0 Å². The molecule has 0 saturated heterocycles. The third-order valence-corrected chi connectivity index (χ3v) is 4.15. The van der Waals surface area contributed by atoms with Crippen molar-refractivity contribution in [3.63, 3.8) is 0 Å².